The third kappa shape index (κ3) is 6.69. The summed E-state index contributed by atoms with van der Waals surface area (Å²) in [6, 6.07) is 6.35. The van der Waals surface area contributed by atoms with E-state index in [2.05, 4.69) is 56.1 Å². The molecule has 0 unspecified atom stereocenters. The molecule has 0 radical (unpaired) electrons. The van der Waals surface area contributed by atoms with E-state index in [1.54, 1.807) is 0 Å². The first-order chi connectivity index (χ1) is 9.15. The van der Waals surface area contributed by atoms with Gasteiger partial charge in [0.05, 0.1) is 11.4 Å². The minimum Gasteiger partial charge on any atom is -0.311 e. The molecule has 0 aliphatic heterocycles. The molecular formula is C16H29N3. The number of nitrogens with zero attached hydrogens (tertiary/aromatic N) is 2. The summed E-state index contributed by atoms with van der Waals surface area (Å²) in [4.78, 5) is 7.17. The Morgan fingerprint density at radius 3 is 2.58 bits per heavy atom. The maximum Gasteiger partial charge on any atom is 0.0547 e. The first-order valence-electron chi connectivity index (χ1n) is 7.53. The van der Waals surface area contributed by atoms with Crippen molar-refractivity contribution in [1.82, 2.24) is 15.2 Å². The van der Waals surface area contributed by atoms with Gasteiger partial charge in [0.25, 0.3) is 0 Å². The van der Waals surface area contributed by atoms with Crippen molar-refractivity contribution in [2.24, 2.45) is 5.92 Å². The van der Waals surface area contributed by atoms with E-state index in [1.165, 1.54) is 12.1 Å². The predicted octanol–water partition coefficient (Wildman–Crippen LogP) is 3.06. The standard InChI is InChI=1S/C16H29N3/c1-5-10-19(6-2)13-16-9-7-8-15(18-16)12-17-11-14(3)4/h7-9,14,17H,5-6,10-13H2,1-4H3. The molecule has 0 aromatic carbocycles. The quantitative estimate of drug-likeness (QED) is 0.742. The Labute approximate surface area is 118 Å². The summed E-state index contributed by atoms with van der Waals surface area (Å²) in [7, 11) is 0. The summed E-state index contributed by atoms with van der Waals surface area (Å²) in [5, 5.41) is 3.44. The Morgan fingerprint density at radius 2 is 1.95 bits per heavy atom. The molecule has 0 saturated heterocycles. The van der Waals surface area contributed by atoms with Crippen LogP contribution in [-0.4, -0.2) is 29.5 Å². The lowest BCUT2D eigenvalue weighted by molar-refractivity contribution is 0.277. The van der Waals surface area contributed by atoms with Crippen LogP contribution in [0.3, 0.4) is 0 Å². The van der Waals surface area contributed by atoms with Crippen molar-refractivity contribution < 1.29 is 0 Å². The van der Waals surface area contributed by atoms with E-state index in [-0.39, 0.29) is 0 Å². The first-order valence-corrected chi connectivity index (χ1v) is 7.53. The van der Waals surface area contributed by atoms with Crippen molar-refractivity contribution in [3.8, 4) is 0 Å². The zero-order valence-electron chi connectivity index (χ0n) is 12.9. The zero-order valence-corrected chi connectivity index (χ0v) is 12.9. The van der Waals surface area contributed by atoms with E-state index in [4.69, 9.17) is 4.98 Å². The Hall–Kier alpha value is -0.930. The highest BCUT2D eigenvalue weighted by molar-refractivity contribution is 5.11. The van der Waals surface area contributed by atoms with Gasteiger partial charge in [-0.1, -0.05) is 33.8 Å². The number of hydrogen-bond donors (Lipinski definition) is 1. The van der Waals surface area contributed by atoms with E-state index in [9.17, 15) is 0 Å². The Bertz CT molecular complexity index is 350. The first kappa shape index (κ1) is 16.1. The van der Waals surface area contributed by atoms with Crippen LogP contribution in [0.15, 0.2) is 18.2 Å². The van der Waals surface area contributed by atoms with Crippen LogP contribution < -0.4 is 5.32 Å². The molecule has 19 heavy (non-hydrogen) atoms. The zero-order chi connectivity index (χ0) is 14.1. The molecular weight excluding hydrogens is 234 g/mol. The Kier molecular flexibility index (Phi) is 7.68. The smallest absolute Gasteiger partial charge is 0.0547 e. The highest BCUT2D eigenvalue weighted by Crippen LogP contribution is 2.04. The van der Waals surface area contributed by atoms with Gasteiger partial charge in [-0.3, -0.25) is 9.88 Å². The highest BCUT2D eigenvalue weighted by atomic mass is 15.1. The molecule has 3 heteroatoms. The fourth-order valence-electron chi connectivity index (χ4n) is 2.10. The summed E-state index contributed by atoms with van der Waals surface area (Å²) >= 11 is 0. The van der Waals surface area contributed by atoms with Crippen molar-refractivity contribution in [1.29, 1.82) is 0 Å². The summed E-state index contributed by atoms with van der Waals surface area (Å²) in [5.74, 6) is 0.684. The lowest BCUT2D eigenvalue weighted by Gasteiger charge is -2.19. The SMILES string of the molecule is CCCN(CC)Cc1cccc(CNCC(C)C)n1. The van der Waals surface area contributed by atoms with Crippen LogP contribution in [0.5, 0.6) is 0 Å². The van der Waals surface area contributed by atoms with E-state index in [0.29, 0.717) is 5.92 Å². The molecule has 108 valence electrons. The van der Waals surface area contributed by atoms with Crippen LogP contribution in [0.1, 0.15) is 45.5 Å². The summed E-state index contributed by atoms with van der Waals surface area (Å²) < 4.78 is 0. The van der Waals surface area contributed by atoms with E-state index >= 15 is 0 Å². The minimum absolute atomic E-state index is 0.684. The minimum atomic E-state index is 0.684. The third-order valence-electron chi connectivity index (χ3n) is 3.10. The Balaban J connectivity index is 2.51. The van der Waals surface area contributed by atoms with Crippen molar-refractivity contribution in [2.45, 2.75) is 47.2 Å². The van der Waals surface area contributed by atoms with Gasteiger partial charge in [0.1, 0.15) is 0 Å². The molecule has 0 aliphatic rings. The predicted molar refractivity (Wildman–Crippen MR) is 82.0 cm³/mol. The maximum absolute atomic E-state index is 4.74. The van der Waals surface area contributed by atoms with Crippen LogP contribution in [-0.2, 0) is 13.1 Å². The van der Waals surface area contributed by atoms with E-state index in [1.807, 2.05) is 0 Å². The lowest BCUT2D eigenvalue weighted by atomic mass is 10.2. The number of aromatic nitrogens is 1. The largest absolute Gasteiger partial charge is 0.311 e. The highest BCUT2D eigenvalue weighted by Gasteiger charge is 2.04. The second-order valence-electron chi connectivity index (χ2n) is 5.51. The molecule has 1 aromatic rings. The van der Waals surface area contributed by atoms with Gasteiger partial charge >= 0.3 is 0 Å². The molecule has 1 heterocycles. The van der Waals surface area contributed by atoms with Crippen molar-refractivity contribution in [3.63, 3.8) is 0 Å². The van der Waals surface area contributed by atoms with Gasteiger partial charge in [0.15, 0.2) is 0 Å². The Morgan fingerprint density at radius 1 is 1.21 bits per heavy atom. The molecule has 1 N–H and O–H groups in total. The van der Waals surface area contributed by atoms with Gasteiger partial charge in [-0.25, -0.2) is 0 Å². The third-order valence-corrected chi connectivity index (χ3v) is 3.10. The molecule has 3 nitrogen and oxygen atoms in total. The number of pyridine rings is 1. The average molecular weight is 263 g/mol. The van der Waals surface area contributed by atoms with E-state index in [0.717, 1.165) is 38.4 Å². The van der Waals surface area contributed by atoms with Crippen LogP contribution in [0.2, 0.25) is 0 Å². The van der Waals surface area contributed by atoms with Crippen LogP contribution in [0.25, 0.3) is 0 Å². The summed E-state index contributed by atoms with van der Waals surface area (Å²) in [5.41, 5.74) is 2.32. The molecule has 0 bridgehead atoms. The molecule has 0 aliphatic carbocycles. The fourth-order valence-corrected chi connectivity index (χ4v) is 2.10. The van der Waals surface area contributed by atoms with Gasteiger partial charge in [-0.2, -0.15) is 0 Å². The lowest BCUT2D eigenvalue weighted by Crippen LogP contribution is -2.24. The molecule has 1 aromatic heterocycles. The van der Waals surface area contributed by atoms with Gasteiger partial charge in [-0.15, -0.1) is 0 Å². The molecule has 0 atom stereocenters. The molecule has 1 rings (SSSR count). The molecule has 0 spiro atoms. The molecule has 0 amide bonds. The summed E-state index contributed by atoms with van der Waals surface area (Å²) in [6.45, 7) is 14.0. The van der Waals surface area contributed by atoms with Crippen LogP contribution in [0, 0.1) is 5.92 Å². The summed E-state index contributed by atoms with van der Waals surface area (Å²) in [6.07, 6.45) is 1.20. The second-order valence-corrected chi connectivity index (χ2v) is 5.51. The number of nitrogens with one attached hydrogen (secondary N) is 1. The van der Waals surface area contributed by atoms with Crippen molar-refractivity contribution in [2.75, 3.05) is 19.6 Å². The van der Waals surface area contributed by atoms with Gasteiger partial charge in [0, 0.05) is 13.1 Å². The monoisotopic (exact) mass is 263 g/mol. The molecule has 0 fully saturated rings. The normalized spacial score (nSPS) is 11.5. The van der Waals surface area contributed by atoms with Crippen LogP contribution >= 0.6 is 0 Å². The average Bonchev–Trinajstić information content (AvgIpc) is 2.38. The van der Waals surface area contributed by atoms with Gasteiger partial charge in [0.2, 0.25) is 0 Å². The van der Waals surface area contributed by atoms with Crippen molar-refractivity contribution in [3.05, 3.63) is 29.6 Å². The maximum atomic E-state index is 4.74. The van der Waals surface area contributed by atoms with Gasteiger partial charge < -0.3 is 5.32 Å². The number of rotatable bonds is 9. The number of hydrogen-bond acceptors (Lipinski definition) is 3. The van der Waals surface area contributed by atoms with Gasteiger partial charge in [-0.05, 0) is 44.1 Å². The fraction of sp³-hybridized carbons (Fsp3) is 0.688. The van der Waals surface area contributed by atoms with Crippen LogP contribution in [0.4, 0.5) is 0 Å². The van der Waals surface area contributed by atoms with Crippen molar-refractivity contribution >= 4 is 0 Å². The van der Waals surface area contributed by atoms with E-state index < -0.39 is 0 Å². The topological polar surface area (TPSA) is 28.2 Å². The molecule has 0 saturated carbocycles. The second kappa shape index (κ2) is 9.05.